The summed E-state index contributed by atoms with van der Waals surface area (Å²) in [4.78, 5) is 0.155. The van der Waals surface area contributed by atoms with E-state index in [1.165, 1.54) is 18.6 Å². The molecule has 150 valence electrons. The van der Waals surface area contributed by atoms with Crippen molar-refractivity contribution in [3.63, 3.8) is 0 Å². The smallest absolute Gasteiger partial charge is 0.297 e. The monoisotopic (exact) mass is 396 g/mol. The quantitative estimate of drug-likeness (QED) is 0.307. The largest absolute Gasteiger partial charge is 0.377 e. The molecule has 2 bridgehead atoms. The van der Waals surface area contributed by atoms with Gasteiger partial charge in [0.15, 0.2) is 0 Å². The molecular formula is C20H28O6S. The van der Waals surface area contributed by atoms with Gasteiger partial charge in [0, 0.05) is 5.92 Å². The SMILES string of the molecule is Cc1ccc(S(=O)(=O)OCCOCCOCCOC2CC3C=CC2C3)cc1. The van der Waals surface area contributed by atoms with Gasteiger partial charge in [-0.2, -0.15) is 8.42 Å². The lowest BCUT2D eigenvalue weighted by Gasteiger charge is -2.18. The topological polar surface area (TPSA) is 71.1 Å². The molecule has 3 rings (SSSR count). The van der Waals surface area contributed by atoms with Crippen molar-refractivity contribution in [1.29, 1.82) is 0 Å². The molecule has 0 radical (unpaired) electrons. The zero-order valence-corrected chi connectivity index (χ0v) is 16.5. The highest BCUT2D eigenvalue weighted by molar-refractivity contribution is 7.86. The molecule has 0 N–H and O–H groups in total. The second-order valence-electron chi connectivity index (χ2n) is 7.00. The minimum Gasteiger partial charge on any atom is -0.377 e. The molecule has 0 spiro atoms. The fourth-order valence-corrected chi connectivity index (χ4v) is 4.37. The van der Waals surface area contributed by atoms with E-state index in [9.17, 15) is 8.42 Å². The number of rotatable bonds is 12. The molecule has 2 aliphatic carbocycles. The zero-order chi connectivity index (χ0) is 19.1. The van der Waals surface area contributed by atoms with Gasteiger partial charge in [-0.15, -0.1) is 0 Å². The predicted molar refractivity (Wildman–Crippen MR) is 101 cm³/mol. The minimum absolute atomic E-state index is 0.0168. The fourth-order valence-electron chi connectivity index (χ4n) is 3.48. The molecule has 0 heterocycles. The summed E-state index contributed by atoms with van der Waals surface area (Å²) >= 11 is 0. The first-order chi connectivity index (χ1) is 13.0. The van der Waals surface area contributed by atoms with Crippen LogP contribution in [0, 0.1) is 18.8 Å². The molecule has 0 aliphatic heterocycles. The lowest BCUT2D eigenvalue weighted by molar-refractivity contribution is -0.0203. The maximum atomic E-state index is 12.0. The first-order valence-corrected chi connectivity index (χ1v) is 10.9. The van der Waals surface area contributed by atoms with Gasteiger partial charge in [-0.3, -0.25) is 4.18 Å². The molecule has 2 aliphatic rings. The maximum Gasteiger partial charge on any atom is 0.297 e. The number of allylic oxidation sites excluding steroid dienone is 1. The van der Waals surface area contributed by atoms with Gasteiger partial charge in [0.25, 0.3) is 10.1 Å². The molecule has 3 atom stereocenters. The Bertz CT molecular complexity index is 712. The van der Waals surface area contributed by atoms with Crippen molar-refractivity contribution in [1.82, 2.24) is 0 Å². The Morgan fingerprint density at radius 1 is 0.889 bits per heavy atom. The van der Waals surface area contributed by atoms with Crippen LogP contribution >= 0.6 is 0 Å². The van der Waals surface area contributed by atoms with Crippen LogP contribution in [0.5, 0.6) is 0 Å². The van der Waals surface area contributed by atoms with Gasteiger partial charge in [-0.1, -0.05) is 29.8 Å². The second kappa shape index (κ2) is 9.80. The number of aryl methyl sites for hydroxylation is 1. The number of benzene rings is 1. The molecule has 1 aromatic rings. The molecule has 0 amide bonds. The van der Waals surface area contributed by atoms with Gasteiger partial charge in [0.2, 0.25) is 0 Å². The summed E-state index contributed by atoms with van der Waals surface area (Å²) in [5.41, 5.74) is 0.995. The molecule has 0 saturated heterocycles. The van der Waals surface area contributed by atoms with E-state index in [1.807, 2.05) is 6.92 Å². The van der Waals surface area contributed by atoms with Crippen molar-refractivity contribution in [2.45, 2.75) is 30.8 Å². The van der Waals surface area contributed by atoms with Gasteiger partial charge in [-0.25, -0.2) is 0 Å². The van der Waals surface area contributed by atoms with Crippen molar-refractivity contribution in [3.05, 3.63) is 42.0 Å². The highest BCUT2D eigenvalue weighted by Crippen LogP contribution is 2.40. The summed E-state index contributed by atoms with van der Waals surface area (Å²) < 4.78 is 45.6. The Hall–Kier alpha value is -1.25. The summed E-state index contributed by atoms with van der Waals surface area (Å²) in [5, 5.41) is 0. The van der Waals surface area contributed by atoms with Crippen molar-refractivity contribution in [2.75, 3.05) is 39.6 Å². The van der Waals surface area contributed by atoms with Crippen LogP contribution in [0.15, 0.2) is 41.3 Å². The first kappa shape index (κ1) is 20.5. The molecule has 0 aromatic heterocycles. The van der Waals surface area contributed by atoms with Crippen LogP contribution in [0.25, 0.3) is 0 Å². The predicted octanol–water partition coefficient (Wildman–Crippen LogP) is 2.71. The van der Waals surface area contributed by atoms with Gasteiger partial charge in [0.05, 0.1) is 50.6 Å². The van der Waals surface area contributed by atoms with Crippen LogP contribution in [0.4, 0.5) is 0 Å². The Morgan fingerprint density at radius 3 is 2.19 bits per heavy atom. The molecule has 3 unspecified atom stereocenters. The van der Waals surface area contributed by atoms with Crippen LogP contribution in [0.2, 0.25) is 0 Å². The summed E-state index contributed by atoms with van der Waals surface area (Å²) in [6.07, 6.45) is 7.30. The zero-order valence-electron chi connectivity index (χ0n) is 15.7. The summed E-state index contributed by atoms with van der Waals surface area (Å²) in [7, 11) is -3.73. The van der Waals surface area contributed by atoms with Crippen LogP contribution in [-0.4, -0.2) is 54.2 Å². The van der Waals surface area contributed by atoms with E-state index in [0.29, 0.717) is 44.4 Å². The van der Waals surface area contributed by atoms with Gasteiger partial charge >= 0.3 is 0 Å². The van der Waals surface area contributed by atoms with E-state index >= 15 is 0 Å². The summed E-state index contributed by atoms with van der Waals surface area (Å²) in [5.74, 6) is 1.31. The van der Waals surface area contributed by atoms with E-state index in [0.717, 1.165) is 12.0 Å². The van der Waals surface area contributed by atoms with Crippen LogP contribution < -0.4 is 0 Å². The van der Waals surface area contributed by atoms with Gasteiger partial charge in [-0.05, 0) is 37.8 Å². The average Bonchev–Trinajstić information content (AvgIpc) is 3.27. The third-order valence-corrected chi connectivity index (χ3v) is 6.25. The molecule has 7 heteroatoms. The van der Waals surface area contributed by atoms with E-state index in [2.05, 4.69) is 12.2 Å². The number of hydrogen-bond acceptors (Lipinski definition) is 6. The fraction of sp³-hybridized carbons (Fsp3) is 0.600. The number of ether oxygens (including phenoxy) is 3. The maximum absolute atomic E-state index is 12.0. The second-order valence-corrected chi connectivity index (χ2v) is 8.62. The molecule has 6 nitrogen and oxygen atoms in total. The average molecular weight is 397 g/mol. The normalized spacial score (nSPS) is 24.0. The van der Waals surface area contributed by atoms with Crippen molar-refractivity contribution in [2.24, 2.45) is 11.8 Å². The lowest BCUT2D eigenvalue weighted by Crippen LogP contribution is -2.21. The van der Waals surface area contributed by atoms with E-state index in [1.54, 1.807) is 12.1 Å². The van der Waals surface area contributed by atoms with Crippen LogP contribution in [0.1, 0.15) is 18.4 Å². The van der Waals surface area contributed by atoms with E-state index < -0.39 is 10.1 Å². The van der Waals surface area contributed by atoms with Crippen molar-refractivity contribution in [3.8, 4) is 0 Å². The van der Waals surface area contributed by atoms with Crippen LogP contribution in [0.3, 0.4) is 0 Å². The number of fused-ring (bicyclic) bond motifs is 2. The molecule has 1 aromatic carbocycles. The van der Waals surface area contributed by atoms with E-state index in [-0.39, 0.29) is 18.1 Å². The third-order valence-electron chi connectivity index (χ3n) is 4.93. The molecule has 1 fully saturated rings. The highest BCUT2D eigenvalue weighted by Gasteiger charge is 2.36. The van der Waals surface area contributed by atoms with E-state index in [4.69, 9.17) is 18.4 Å². The van der Waals surface area contributed by atoms with Gasteiger partial charge in [0.1, 0.15) is 0 Å². The lowest BCUT2D eigenvalue weighted by atomic mass is 10.1. The molecule has 27 heavy (non-hydrogen) atoms. The molecular weight excluding hydrogens is 368 g/mol. The molecule has 1 saturated carbocycles. The van der Waals surface area contributed by atoms with Gasteiger partial charge < -0.3 is 14.2 Å². The summed E-state index contributed by atoms with van der Waals surface area (Å²) in [6, 6.07) is 6.55. The van der Waals surface area contributed by atoms with Crippen molar-refractivity contribution < 1.29 is 26.8 Å². The summed E-state index contributed by atoms with van der Waals surface area (Å²) in [6.45, 7) is 4.06. The number of hydrogen-bond donors (Lipinski definition) is 0. The highest BCUT2D eigenvalue weighted by atomic mass is 32.2. The van der Waals surface area contributed by atoms with Crippen molar-refractivity contribution >= 4 is 10.1 Å². The first-order valence-electron chi connectivity index (χ1n) is 9.46. The van der Waals surface area contributed by atoms with Crippen LogP contribution in [-0.2, 0) is 28.5 Å². The third kappa shape index (κ3) is 6.12. The Labute approximate surface area is 161 Å². The Morgan fingerprint density at radius 2 is 1.56 bits per heavy atom. The minimum atomic E-state index is -3.73. The Kier molecular flexibility index (Phi) is 7.43. The standard InChI is InChI=1S/C20H28O6S/c1-16-2-6-19(7-3-16)27(21,22)26-13-11-24-9-8-23-10-12-25-20-15-17-4-5-18(20)14-17/h2-7,17-18,20H,8-15H2,1H3. The Balaban J connectivity index is 1.17.